The lowest BCUT2D eigenvalue weighted by molar-refractivity contribution is -0.128. The Kier molecular flexibility index (Phi) is 2.21. The third kappa shape index (κ3) is 1.94. The SMILES string of the molecule is Nc1nonc1N/N=C/C(=O)O. The van der Waals surface area contributed by atoms with Crippen molar-refractivity contribution in [3.8, 4) is 0 Å². The molecule has 1 aromatic rings. The maximum atomic E-state index is 9.93. The van der Waals surface area contributed by atoms with Crippen LogP contribution < -0.4 is 11.2 Å². The first-order valence-corrected chi connectivity index (χ1v) is 2.80. The Balaban J connectivity index is 2.54. The minimum atomic E-state index is -1.18. The van der Waals surface area contributed by atoms with Crippen LogP contribution in [-0.4, -0.2) is 27.6 Å². The lowest BCUT2D eigenvalue weighted by Crippen LogP contribution is -2.00. The molecule has 0 aliphatic carbocycles. The van der Waals surface area contributed by atoms with Crippen molar-refractivity contribution in [1.82, 2.24) is 10.3 Å². The van der Waals surface area contributed by atoms with Gasteiger partial charge < -0.3 is 10.8 Å². The van der Waals surface area contributed by atoms with Gasteiger partial charge >= 0.3 is 5.97 Å². The third-order valence-electron chi connectivity index (χ3n) is 0.859. The molecule has 0 saturated heterocycles. The standard InChI is InChI=1S/C4H5N5O3/c5-3-4(9-12-8-3)7-6-1-2(10)11/h1H,(H2,5,8)(H,7,9)(H,10,11)/b6-1+. The van der Waals surface area contributed by atoms with Gasteiger partial charge in [-0.25, -0.2) is 9.42 Å². The molecule has 0 spiro atoms. The Bertz CT molecular complexity index is 305. The molecule has 4 N–H and O–H groups in total. The number of hydrogen-bond donors (Lipinski definition) is 3. The van der Waals surface area contributed by atoms with Gasteiger partial charge in [0.15, 0.2) is 0 Å². The maximum absolute atomic E-state index is 9.93. The van der Waals surface area contributed by atoms with Gasteiger partial charge in [-0.05, 0) is 10.3 Å². The van der Waals surface area contributed by atoms with E-state index in [9.17, 15) is 4.79 Å². The van der Waals surface area contributed by atoms with E-state index in [4.69, 9.17) is 10.8 Å². The Morgan fingerprint density at radius 1 is 1.75 bits per heavy atom. The molecule has 0 saturated carbocycles. The smallest absolute Gasteiger partial charge is 0.348 e. The molecule has 12 heavy (non-hydrogen) atoms. The highest BCUT2D eigenvalue weighted by molar-refractivity contribution is 6.22. The number of nitrogens with two attached hydrogens (primary N) is 1. The first kappa shape index (κ1) is 7.98. The summed E-state index contributed by atoms with van der Waals surface area (Å²) in [5, 5.41) is 17.9. The second kappa shape index (κ2) is 3.32. The molecule has 1 rings (SSSR count). The topological polar surface area (TPSA) is 127 Å². The van der Waals surface area contributed by atoms with Crippen LogP contribution in [0, 0.1) is 0 Å². The maximum Gasteiger partial charge on any atom is 0.348 e. The molecule has 0 aliphatic heterocycles. The molecule has 8 heteroatoms. The minimum Gasteiger partial charge on any atom is -0.477 e. The fourth-order valence-corrected chi connectivity index (χ4v) is 0.422. The van der Waals surface area contributed by atoms with Crippen LogP contribution >= 0.6 is 0 Å². The van der Waals surface area contributed by atoms with E-state index in [1.165, 1.54) is 0 Å². The molecular formula is C4H5N5O3. The minimum absolute atomic E-state index is 0.0116. The summed E-state index contributed by atoms with van der Waals surface area (Å²) in [6.45, 7) is 0. The molecule has 64 valence electrons. The molecule has 0 aromatic carbocycles. The van der Waals surface area contributed by atoms with Gasteiger partial charge in [-0.1, -0.05) is 0 Å². The molecule has 0 unspecified atom stereocenters. The van der Waals surface area contributed by atoms with Crippen LogP contribution in [0.25, 0.3) is 0 Å². The van der Waals surface area contributed by atoms with Crippen LogP contribution in [0.15, 0.2) is 9.73 Å². The Morgan fingerprint density at radius 2 is 2.50 bits per heavy atom. The van der Waals surface area contributed by atoms with Gasteiger partial charge in [0.1, 0.15) is 6.21 Å². The highest BCUT2D eigenvalue weighted by Gasteiger charge is 2.02. The van der Waals surface area contributed by atoms with Crippen molar-refractivity contribution in [3.05, 3.63) is 0 Å². The van der Waals surface area contributed by atoms with Gasteiger partial charge in [0.2, 0.25) is 11.6 Å². The van der Waals surface area contributed by atoms with Gasteiger partial charge in [0, 0.05) is 0 Å². The largest absolute Gasteiger partial charge is 0.477 e. The van der Waals surface area contributed by atoms with Crippen LogP contribution in [0.4, 0.5) is 11.6 Å². The quantitative estimate of drug-likeness (QED) is 0.398. The first-order valence-electron chi connectivity index (χ1n) is 2.80. The van der Waals surface area contributed by atoms with Crippen molar-refractivity contribution in [3.63, 3.8) is 0 Å². The second-order valence-electron chi connectivity index (χ2n) is 1.71. The number of aliphatic carboxylic acids is 1. The van der Waals surface area contributed by atoms with E-state index in [-0.39, 0.29) is 11.6 Å². The van der Waals surface area contributed by atoms with Crippen molar-refractivity contribution < 1.29 is 14.5 Å². The van der Waals surface area contributed by atoms with Crippen molar-refractivity contribution in [2.45, 2.75) is 0 Å². The molecule has 0 fully saturated rings. The van der Waals surface area contributed by atoms with Crippen LogP contribution in [0.2, 0.25) is 0 Å². The number of aromatic nitrogens is 2. The van der Waals surface area contributed by atoms with Crippen LogP contribution in [0.1, 0.15) is 0 Å². The van der Waals surface area contributed by atoms with Crippen molar-refractivity contribution in [2.75, 3.05) is 11.2 Å². The third-order valence-corrected chi connectivity index (χ3v) is 0.859. The number of carboxylic acids is 1. The van der Waals surface area contributed by atoms with Crippen molar-refractivity contribution >= 4 is 23.8 Å². The monoisotopic (exact) mass is 171 g/mol. The number of nitrogens with one attached hydrogen (secondary N) is 1. The van der Waals surface area contributed by atoms with Crippen LogP contribution in [-0.2, 0) is 4.79 Å². The van der Waals surface area contributed by atoms with E-state index in [0.717, 1.165) is 0 Å². The number of nitrogen functional groups attached to an aromatic ring is 1. The highest BCUT2D eigenvalue weighted by Crippen LogP contribution is 2.09. The number of carboxylic acid groups (broad SMARTS) is 1. The van der Waals surface area contributed by atoms with Crippen LogP contribution in [0.3, 0.4) is 0 Å². The summed E-state index contributed by atoms with van der Waals surface area (Å²) in [4.78, 5) is 9.93. The number of rotatable bonds is 3. The number of anilines is 2. The van der Waals surface area contributed by atoms with Gasteiger partial charge in [-0.2, -0.15) is 5.10 Å². The van der Waals surface area contributed by atoms with E-state index < -0.39 is 5.97 Å². The predicted octanol–water partition coefficient (Wildman–Crippen LogP) is -0.866. The summed E-state index contributed by atoms with van der Waals surface area (Å²) in [6, 6.07) is 0. The molecule has 0 bridgehead atoms. The zero-order chi connectivity index (χ0) is 8.97. The molecule has 0 amide bonds. The molecular weight excluding hydrogens is 166 g/mol. The summed E-state index contributed by atoms with van der Waals surface area (Å²) in [5.74, 6) is -1.09. The fraction of sp³-hybridized carbons (Fsp3) is 0. The van der Waals surface area contributed by atoms with E-state index in [1.807, 2.05) is 0 Å². The Morgan fingerprint density at radius 3 is 3.00 bits per heavy atom. The van der Waals surface area contributed by atoms with E-state index in [0.29, 0.717) is 6.21 Å². The number of hydrazone groups is 1. The fourth-order valence-electron chi connectivity index (χ4n) is 0.422. The lowest BCUT2D eigenvalue weighted by Gasteiger charge is -1.89. The average Bonchev–Trinajstić information content (AvgIpc) is 2.36. The summed E-state index contributed by atoms with van der Waals surface area (Å²) in [7, 11) is 0. The first-order chi connectivity index (χ1) is 5.70. The molecule has 0 radical (unpaired) electrons. The number of hydrogen-bond acceptors (Lipinski definition) is 7. The van der Waals surface area contributed by atoms with Gasteiger partial charge in [0.25, 0.3) is 0 Å². The summed E-state index contributed by atoms with van der Waals surface area (Å²) in [5.41, 5.74) is 7.43. The Labute approximate surface area is 66.0 Å². The van der Waals surface area contributed by atoms with Gasteiger partial charge in [0.05, 0.1) is 0 Å². The van der Waals surface area contributed by atoms with E-state index >= 15 is 0 Å². The molecule has 1 heterocycles. The average molecular weight is 171 g/mol. The molecule has 0 atom stereocenters. The highest BCUT2D eigenvalue weighted by atomic mass is 16.6. The Hall–Kier alpha value is -2.12. The van der Waals surface area contributed by atoms with Crippen LogP contribution in [0.5, 0.6) is 0 Å². The van der Waals surface area contributed by atoms with E-state index in [2.05, 4.69) is 25.5 Å². The zero-order valence-electron chi connectivity index (χ0n) is 5.76. The molecule has 0 aliphatic rings. The van der Waals surface area contributed by atoms with Gasteiger partial charge in [-0.3, -0.25) is 5.43 Å². The van der Waals surface area contributed by atoms with Crippen molar-refractivity contribution in [2.24, 2.45) is 5.10 Å². The second-order valence-corrected chi connectivity index (χ2v) is 1.71. The normalized spacial score (nSPS) is 10.3. The molecule has 1 aromatic heterocycles. The number of carbonyl (C=O) groups is 1. The summed E-state index contributed by atoms with van der Waals surface area (Å²) in [6.07, 6.45) is 0.647. The van der Waals surface area contributed by atoms with Crippen molar-refractivity contribution in [1.29, 1.82) is 0 Å². The molecule has 8 nitrogen and oxygen atoms in total. The summed E-state index contributed by atoms with van der Waals surface area (Å²) < 4.78 is 4.19. The zero-order valence-corrected chi connectivity index (χ0v) is 5.76. The summed E-state index contributed by atoms with van der Waals surface area (Å²) >= 11 is 0. The lowest BCUT2D eigenvalue weighted by atomic mass is 10.7. The number of nitrogens with zero attached hydrogens (tertiary/aromatic N) is 3. The van der Waals surface area contributed by atoms with Gasteiger partial charge in [-0.15, -0.1) is 0 Å². The predicted molar refractivity (Wildman–Crippen MR) is 38.5 cm³/mol. The van der Waals surface area contributed by atoms with E-state index in [1.54, 1.807) is 0 Å².